The number of β-amino-alcohol motifs (C(OH)–C–C–N with tert-alkyl or cyclic N) is 1. The maximum absolute atomic E-state index is 12.8. The van der Waals surface area contributed by atoms with Gasteiger partial charge in [0.05, 0.1) is 11.7 Å². The van der Waals surface area contributed by atoms with E-state index < -0.39 is 23.4 Å². The van der Waals surface area contributed by atoms with Crippen LogP contribution in [0.2, 0.25) is 0 Å². The van der Waals surface area contributed by atoms with Crippen LogP contribution in [0.5, 0.6) is 5.75 Å². The van der Waals surface area contributed by atoms with Crippen molar-refractivity contribution in [3.05, 3.63) is 29.3 Å². The van der Waals surface area contributed by atoms with Crippen molar-refractivity contribution < 1.29 is 28.2 Å². The summed E-state index contributed by atoms with van der Waals surface area (Å²) in [6.07, 6.45) is -3.54. The first-order valence-electron chi connectivity index (χ1n) is 7.86. The number of phenolic OH excluding ortho intramolecular Hbond substituents is 1. The van der Waals surface area contributed by atoms with Crippen LogP contribution < -0.4 is 0 Å². The highest BCUT2D eigenvalue weighted by Crippen LogP contribution is 2.33. The molecule has 2 fully saturated rings. The Morgan fingerprint density at radius 2 is 1.88 bits per heavy atom. The van der Waals surface area contributed by atoms with E-state index in [1.165, 1.54) is 4.90 Å². The first-order valence-corrected chi connectivity index (χ1v) is 7.86. The molecule has 1 amide bonds. The van der Waals surface area contributed by atoms with Gasteiger partial charge in [0.15, 0.2) is 0 Å². The summed E-state index contributed by atoms with van der Waals surface area (Å²) in [4.78, 5) is 16.1. The number of aromatic hydroxyl groups is 1. The fourth-order valence-electron chi connectivity index (χ4n) is 3.40. The zero-order valence-corrected chi connectivity index (χ0v) is 13.0. The predicted molar refractivity (Wildman–Crippen MR) is 79.6 cm³/mol. The molecule has 0 bridgehead atoms. The Morgan fingerprint density at radius 3 is 2.50 bits per heavy atom. The molecule has 2 saturated heterocycles. The van der Waals surface area contributed by atoms with Crippen LogP contribution in [-0.4, -0.2) is 64.2 Å². The summed E-state index contributed by atoms with van der Waals surface area (Å²) in [7, 11) is 0. The second kappa shape index (κ2) is 6.25. The van der Waals surface area contributed by atoms with Gasteiger partial charge in [0.1, 0.15) is 5.75 Å². The Morgan fingerprint density at radius 1 is 1.12 bits per heavy atom. The number of hydrogen-bond donors (Lipinski definition) is 2. The molecule has 24 heavy (non-hydrogen) atoms. The first-order chi connectivity index (χ1) is 11.2. The van der Waals surface area contributed by atoms with E-state index in [0.717, 1.165) is 25.1 Å². The minimum Gasteiger partial charge on any atom is -0.508 e. The van der Waals surface area contributed by atoms with Crippen molar-refractivity contribution in [2.45, 2.75) is 31.2 Å². The van der Waals surface area contributed by atoms with Gasteiger partial charge >= 0.3 is 6.18 Å². The smallest absolute Gasteiger partial charge is 0.416 e. The molecule has 132 valence electrons. The Kier molecular flexibility index (Phi) is 4.44. The lowest BCUT2D eigenvalue weighted by Gasteiger charge is -2.24. The van der Waals surface area contributed by atoms with Crippen molar-refractivity contribution in [1.29, 1.82) is 0 Å². The van der Waals surface area contributed by atoms with E-state index in [2.05, 4.69) is 4.90 Å². The van der Waals surface area contributed by atoms with E-state index in [9.17, 15) is 28.2 Å². The zero-order chi connectivity index (χ0) is 17.5. The monoisotopic (exact) mass is 344 g/mol. The number of rotatable bonds is 2. The highest BCUT2D eigenvalue weighted by molar-refractivity contribution is 5.95. The van der Waals surface area contributed by atoms with Gasteiger partial charge in [-0.15, -0.1) is 0 Å². The van der Waals surface area contributed by atoms with Crippen LogP contribution in [0.3, 0.4) is 0 Å². The minimum absolute atomic E-state index is 0.116. The first kappa shape index (κ1) is 17.0. The van der Waals surface area contributed by atoms with Gasteiger partial charge in [-0.3, -0.25) is 9.69 Å². The molecule has 2 aliphatic heterocycles. The van der Waals surface area contributed by atoms with Crippen molar-refractivity contribution >= 4 is 5.91 Å². The van der Waals surface area contributed by atoms with Crippen LogP contribution in [0.15, 0.2) is 18.2 Å². The van der Waals surface area contributed by atoms with Gasteiger partial charge in [-0.1, -0.05) is 0 Å². The fourth-order valence-corrected chi connectivity index (χ4v) is 3.40. The van der Waals surface area contributed by atoms with Crippen LogP contribution in [0.4, 0.5) is 13.2 Å². The normalized spacial score (nSPS) is 25.4. The molecule has 0 radical (unpaired) electrons. The molecule has 2 N–H and O–H groups in total. The third kappa shape index (κ3) is 3.49. The van der Waals surface area contributed by atoms with Gasteiger partial charge in [-0.05, 0) is 31.0 Å². The highest BCUT2D eigenvalue weighted by Gasteiger charge is 2.36. The average molecular weight is 344 g/mol. The van der Waals surface area contributed by atoms with Crippen molar-refractivity contribution in [3.63, 3.8) is 0 Å². The largest absolute Gasteiger partial charge is 0.508 e. The summed E-state index contributed by atoms with van der Waals surface area (Å²) in [5, 5.41) is 19.1. The molecular formula is C16H19F3N2O3. The van der Waals surface area contributed by atoms with Gasteiger partial charge in [-0.25, -0.2) is 0 Å². The highest BCUT2D eigenvalue weighted by atomic mass is 19.4. The molecule has 2 atom stereocenters. The molecule has 3 rings (SSSR count). The number of alkyl halides is 3. The molecule has 8 heteroatoms. The average Bonchev–Trinajstić information content (AvgIpc) is 3.13. The Balaban J connectivity index is 1.72. The van der Waals surface area contributed by atoms with Crippen LogP contribution in [0.1, 0.15) is 28.8 Å². The van der Waals surface area contributed by atoms with E-state index in [4.69, 9.17) is 0 Å². The van der Waals surface area contributed by atoms with Gasteiger partial charge in [0.2, 0.25) is 0 Å². The standard InChI is InChI=1S/C16H19F3N2O3/c17-16(18,19)11-5-10(6-14(23)7-11)15(24)21-3-1-12(8-21)20-4-2-13(22)9-20/h5-7,12-13,22-23H,1-4,8-9H2. The number of halogens is 3. The number of nitrogens with zero attached hydrogens (tertiary/aromatic N) is 2. The zero-order valence-electron chi connectivity index (χ0n) is 13.0. The van der Waals surface area contributed by atoms with Crippen LogP contribution in [-0.2, 0) is 6.18 Å². The molecule has 2 unspecified atom stereocenters. The molecular weight excluding hydrogens is 325 g/mol. The number of carbonyl (C=O) groups is 1. The predicted octanol–water partition coefficient (Wildman–Crippen LogP) is 1.69. The fraction of sp³-hybridized carbons (Fsp3) is 0.562. The molecule has 1 aromatic rings. The number of hydrogen-bond acceptors (Lipinski definition) is 4. The Hall–Kier alpha value is -1.80. The quantitative estimate of drug-likeness (QED) is 0.857. The summed E-state index contributed by atoms with van der Waals surface area (Å²) in [6, 6.07) is 2.56. The molecule has 5 nitrogen and oxygen atoms in total. The molecule has 0 spiro atoms. The van der Waals surface area contributed by atoms with E-state index in [1.807, 2.05) is 0 Å². The maximum Gasteiger partial charge on any atom is 0.416 e. The molecule has 2 aliphatic rings. The second-order valence-corrected chi connectivity index (χ2v) is 6.40. The SMILES string of the molecule is O=C(c1cc(O)cc(C(F)(F)F)c1)N1CCC(N2CCC(O)C2)C1. The van der Waals surface area contributed by atoms with E-state index >= 15 is 0 Å². The molecule has 0 saturated carbocycles. The number of aliphatic hydroxyl groups excluding tert-OH is 1. The lowest BCUT2D eigenvalue weighted by atomic mass is 10.1. The number of carbonyl (C=O) groups excluding carboxylic acids is 1. The Bertz CT molecular complexity index is 635. The van der Waals surface area contributed by atoms with E-state index in [-0.39, 0.29) is 17.7 Å². The lowest BCUT2D eigenvalue weighted by Crippen LogP contribution is -2.38. The number of phenols is 1. The molecule has 0 aromatic heterocycles. The van der Waals surface area contributed by atoms with Crippen molar-refractivity contribution in [2.24, 2.45) is 0 Å². The summed E-state index contributed by atoms with van der Waals surface area (Å²) in [5.41, 5.74) is -1.20. The molecule has 0 aliphatic carbocycles. The molecule has 1 aromatic carbocycles. The second-order valence-electron chi connectivity index (χ2n) is 6.40. The summed E-state index contributed by atoms with van der Waals surface area (Å²) in [6.45, 7) is 2.20. The minimum atomic E-state index is -4.62. The van der Waals surface area contributed by atoms with Crippen molar-refractivity contribution in [3.8, 4) is 5.75 Å². The number of likely N-dealkylation sites (tertiary alicyclic amines) is 2. The van der Waals surface area contributed by atoms with Crippen molar-refractivity contribution in [2.75, 3.05) is 26.2 Å². The van der Waals surface area contributed by atoms with E-state index in [0.29, 0.717) is 32.1 Å². The van der Waals surface area contributed by atoms with Crippen LogP contribution >= 0.6 is 0 Å². The van der Waals surface area contributed by atoms with Gasteiger partial charge < -0.3 is 15.1 Å². The number of aliphatic hydroxyl groups is 1. The molecule has 2 heterocycles. The number of benzene rings is 1. The number of amides is 1. The third-order valence-corrected chi connectivity index (χ3v) is 4.65. The Labute approximate surface area is 137 Å². The van der Waals surface area contributed by atoms with Gasteiger partial charge in [0.25, 0.3) is 5.91 Å². The summed E-state index contributed by atoms with van der Waals surface area (Å²) in [5.74, 6) is -1.09. The van der Waals surface area contributed by atoms with Crippen molar-refractivity contribution in [1.82, 2.24) is 9.80 Å². The summed E-state index contributed by atoms with van der Waals surface area (Å²) < 4.78 is 38.5. The summed E-state index contributed by atoms with van der Waals surface area (Å²) >= 11 is 0. The lowest BCUT2D eigenvalue weighted by molar-refractivity contribution is -0.137. The van der Waals surface area contributed by atoms with Gasteiger partial charge in [-0.2, -0.15) is 13.2 Å². The van der Waals surface area contributed by atoms with E-state index in [1.54, 1.807) is 0 Å². The van der Waals surface area contributed by atoms with Crippen LogP contribution in [0.25, 0.3) is 0 Å². The third-order valence-electron chi connectivity index (χ3n) is 4.65. The van der Waals surface area contributed by atoms with Gasteiger partial charge in [0, 0.05) is 37.8 Å². The topological polar surface area (TPSA) is 64.0 Å². The maximum atomic E-state index is 12.8. The van der Waals surface area contributed by atoms with Crippen LogP contribution in [0, 0.1) is 0 Å².